The van der Waals surface area contributed by atoms with Crippen LogP contribution in [0.25, 0.3) is 0 Å². The van der Waals surface area contributed by atoms with E-state index in [0.29, 0.717) is 25.2 Å². The minimum atomic E-state index is -1.26. The van der Waals surface area contributed by atoms with Crippen LogP contribution in [0, 0.1) is 17.5 Å². The molecule has 1 amide bonds. The number of likely N-dealkylation sites (N-methyl/N-ethyl adjacent to an activating group) is 1. The molecule has 0 radical (unpaired) electrons. The highest BCUT2D eigenvalue weighted by molar-refractivity contribution is 5.98. The van der Waals surface area contributed by atoms with Crippen LogP contribution >= 0.6 is 0 Å². The zero-order chi connectivity index (χ0) is 20.3. The molecule has 0 spiro atoms. The lowest BCUT2D eigenvalue weighted by Crippen LogP contribution is -2.35. The minimum absolute atomic E-state index is 0.176. The van der Waals surface area contributed by atoms with E-state index in [9.17, 15) is 22.8 Å². The van der Waals surface area contributed by atoms with Crippen molar-refractivity contribution in [1.82, 2.24) is 14.8 Å². The molecule has 2 aromatic rings. The number of nitrogens with zero attached hydrogens (tertiary/aromatic N) is 3. The van der Waals surface area contributed by atoms with Crippen molar-refractivity contribution in [2.45, 2.75) is 12.8 Å². The summed E-state index contributed by atoms with van der Waals surface area (Å²) in [7, 11) is 1.99. The van der Waals surface area contributed by atoms with Gasteiger partial charge in [0.2, 0.25) is 0 Å². The Hall–Kier alpha value is -2.74. The summed E-state index contributed by atoms with van der Waals surface area (Å²) in [6, 6.07) is 5.54. The topological polar surface area (TPSA) is 53.5 Å². The predicted octanol–water partition coefficient (Wildman–Crippen LogP) is 2.70. The van der Waals surface area contributed by atoms with Gasteiger partial charge in [-0.25, -0.2) is 18.2 Å². The van der Waals surface area contributed by atoms with Crippen LogP contribution in [0.1, 0.15) is 33.0 Å². The van der Waals surface area contributed by atoms with Gasteiger partial charge in [0, 0.05) is 37.5 Å². The molecule has 1 aliphatic heterocycles. The van der Waals surface area contributed by atoms with Crippen molar-refractivity contribution in [3.8, 4) is 0 Å². The summed E-state index contributed by atoms with van der Waals surface area (Å²) in [6.07, 6.45) is 0.451. The number of benzene rings is 1. The minimum Gasteiger partial charge on any atom is -0.336 e. The maximum Gasteiger partial charge on any atom is 0.272 e. The van der Waals surface area contributed by atoms with E-state index < -0.39 is 35.2 Å². The highest BCUT2D eigenvalue weighted by Crippen LogP contribution is 2.17. The molecule has 0 saturated carbocycles. The van der Waals surface area contributed by atoms with Gasteiger partial charge in [-0.2, -0.15) is 0 Å². The van der Waals surface area contributed by atoms with Crippen LogP contribution in [0.2, 0.25) is 0 Å². The normalized spacial score (nSPS) is 15.4. The SMILES string of the molecule is CN1CCCN(C(=O)c2cccc(CC(=O)c3c(F)cc(F)cc3F)n2)CC1. The average molecular weight is 391 g/mol. The van der Waals surface area contributed by atoms with Gasteiger partial charge in [0.25, 0.3) is 5.91 Å². The molecule has 0 bridgehead atoms. The molecule has 1 fully saturated rings. The number of halogens is 3. The number of amides is 1. The molecule has 5 nitrogen and oxygen atoms in total. The summed E-state index contributed by atoms with van der Waals surface area (Å²) in [6.45, 7) is 2.85. The maximum absolute atomic E-state index is 13.8. The van der Waals surface area contributed by atoms with Gasteiger partial charge in [-0.05, 0) is 32.1 Å². The van der Waals surface area contributed by atoms with Gasteiger partial charge in [-0.15, -0.1) is 0 Å². The molecule has 1 aromatic heterocycles. The number of Topliss-reactive ketones (excluding diaryl/α,β-unsaturated/α-hetero) is 1. The quantitative estimate of drug-likeness (QED) is 0.752. The van der Waals surface area contributed by atoms with Crippen LogP contribution in [0.4, 0.5) is 13.2 Å². The van der Waals surface area contributed by atoms with Crippen LogP contribution in [-0.4, -0.2) is 59.7 Å². The first kappa shape index (κ1) is 20.0. The van der Waals surface area contributed by atoms with E-state index in [1.165, 1.54) is 6.07 Å². The third-order valence-corrected chi connectivity index (χ3v) is 4.66. The van der Waals surface area contributed by atoms with E-state index in [2.05, 4.69) is 9.88 Å². The molecule has 0 unspecified atom stereocenters. The largest absolute Gasteiger partial charge is 0.336 e. The summed E-state index contributed by atoms with van der Waals surface area (Å²) >= 11 is 0. The number of carbonyl (C=O) groups is 2. The predicted molar refractivity (Wildman–Crippen MR) is 96.6 cm³/mol. The average Bonchev–Trinajstić information content (AvgIpc) is 2.85. The summed E-state index contributed by atoms with van der Waals surface area (Å²) < 4.78 is 40.6. The first-order valence-electron chi connectivity index (χ1n) is 8.96. The Morgan fingerprint density at radius 3 is 2.46 bits per heavy atom. The summed E-state index contributed by atoms with van der Waals surface area (Å²) in [4.78, 5) is 33.0. The van der Waals surface area contributed by atoms with Gasteiger partial charge in [-0.3, -0.25) is 9.59 Å². The smallest absolute Gasteiger partial charge is 0.272 e. The van der Waals surface area contributed by atoms with Crippen molar-refractivity contribution in [1.29, 1.82) is 0 Å². The van der Waals surface area contributed by atoms with E-state index in [1.807, 2.05) is 7.05 Å². The van der Waals surface area contributed by atoms with Crippen molar-refractivity contribution < 1.29 is 22.8 Å². The van der Waals surface area contributed by atoms with Crippen LogP contribution in [0.5, 0.6) is 0 Å². The van der Waals surface area contributed by atoms with E-state index >= 15 is 0 Å². The number of pyridine rings is 1. The second-order valence-electron chi connectivity index (χ2n) is 6.81. The number of rotatable bonds is 4. The summed E-state index contributed by atoms with van der Waals surface area (Å²) in [5.41, 5.74) is -0.420. The number of hydrogen-bond donors (Lipinski definition) is 0. The van der Waals surface area contributed by atoms with Crippen molar-refractivity contribution >= 4 is 11.7 Å². The molecule has 148 valence electrons. The lowest BCUT2D eigenvalue weighted by atomic mass is 10.0. The fourth-order valence-corrected chi connectivity index (χ4v) is 3.17. The highest BCUT2D eigenvalue weighted by atomic mass is 19.1. The van der Waals surface area contributed by atoms with E-state index in [1.54, 1.807) is 17.0 Å². The van der Waals surface area contributed by atoms with Crippen molar-refractivity contribution in [2.24, 2.45) is 0 Å². The Labute approximate surface area is 160 Å². The fourth-order valence-electron chi connectivity index (χ4n) is 3.17. The van der Waals surface area contributed by atoms with Gasteiger partial charge < -0.3 is 9.80 Å². The standard InChI is InChI=1S/C20H20F3N3O2/c1-25-6-3-7-26(9-8-25)20(28)17-5-2-4-14(24-17)12-18(27)19-15(22)10-13(21)11-16(19)23/h2,4-5,10-11H,3,6-9,12H2,1H3. The maximum atomic E-state index is 13.8. The third kappa shape index (κ3) is 4.56. The Balaban J connectivity index is 1.76. The Morgan fingerprint density at radius 1 is 1.04 bits per heavy atom. The molecule has 2 heterocycles. The second-order valence-corrected chi connectivity index (χ2v) is 6.81. The highest BCUT2D eigenvalue weighted by Gasteiger charge is 2.22. The Bertz CT molecular complexity index is 881. The molecule has 0 atom stereocenters. The summed E-state index contributed by atoms with van der Waals surface area (Å²) in [5.74, 6) is -4.74. The number of carbonyl (C=O) groups excluding carboxylic acids is 2. The monoisotopic (exact) mass is 391 g/mol. The zero-order valence-corrected chi connectivity index (χ0v) is 15.4. The Kier molecular flexibility index (Phi) is 6.08. The molecule has 1 aromatic carbocycles. The van der Waals surface area contributed by atoms with Crippen LogP contribution < -0.4 is 0 Å². The zero-order valence-electron chi connectivity index (χ0n) is 15.4. The molecule has 1 aliphatic rings. The van der Waals surface area contributed by atoms with Crippen molar-refractivity contribution in [2.75, 3.05) is 33.2 Å². The van der Waals surface area contributed by atoms with E-state index in [0.717, 1.165) is 19.5 Å². The van der Waals surface area contributed by atoms with Crippen LogP contribution in [0.3, 0.4) is 0 Å². The van der Waals surface area contributed by atoms with Gasteiger partial charge in [0.15, 0.2) is 5.78 Å². The molecule has 8 heteroatoms. The van der Waals surface area contributed by atoms with Crippen LogP contribution in [0.15, 0.2) is 30.3 Å². The fraction of sp³-hybridized carbons (Fsp3) is 0.350. The second kappa shape index (κ2) is 8.52. The first-order chi connectivity index (χ1) is 13.3. The van der Waals surface area contributed by atoms with Gasteiger partial charge >= 0.3 is 0 Å². The Morgan fingerprint density at radius 2 is 1.75 bits per heavy atom. The van der Waals surface area contributed by atoms with E-state index in [-0.39, 0.29) is 17.3 Å². The molecular formula is C20H20F3N3O2. The molecule has 1 saturated heterocycles. The molecule has 3 rings (SSSR count). The summed E-state index contributed by atoms with van der Waals surface area (Å²) in [5, 5.41) is 0. The molecule has 0 N–H and O–H groups in total. The first-order valence-corrected chi connectivity index (χ1v) is 8.96. The van der Waals surface area contributed by atoms with Crippen LogP contribution in [-0.2, 0) is 6.42 Å². The van der Waals surface area contributed by atoms with Gasteiger partial charge in [0.05, 0.1) is 12.0 Å². The molecular weight excluding hydrogens is 371 g/mol. The third-order valence-electron chi connectivity index (χ3n) is 4.66. The van der Waals surface area contributed by atoms with E-state index in [4.69, 9.17) is 0 Å². The number of hydrogen-bond acceptors (Lipinski definition) is 4. The molecule has 28 heavy (non-hydrogen) atoms. The number of ketones is 1. The lowest BCUT2D eigenvalue weighted by Gasteiger charge is -2.20. The molecule has 0 aliphatic carbocycles. The van der Waals surface area contributed by atoms with Gasteiger partial charge in [0.1, 0.15) is 23.1 Å². The lowest BCUT2D eigenvalue weighted by molar-refractivity contribution is 0.0756. The van der Waals surface area contributed by atoms with Gasteiger partial charge in [-0.1, -0.05) is 6.07 Å². The van der Waals surface area contributed by atoms with Crippen molar-refractivity contribution in [3.05, 3.63) is 64.7 Å². The van der Waals surface area contributed by atoms with Crippen molar-refractivity contribution in [3.63, 3.8) is 0 Å². The number of aromatic nitrogens is 1.